The van der Waals surface area contributed by atoms with E-state index in [1.165, 1.54) is 6.07 Å². The molecule has 26 heavy (non-hydrogen) atoms. The summed E-state index contributed by atoms with van der Waals surface area (Å²) >= 11 is 3.38. The summed E-state index contributed by atoms with van der Waals surface area (Å²) in [6.07, 6.45) is 2.00. The minimum absolute atomic E-state index is 0.195. The molecule has 138 valence electrons. The second kappa shape index (κ2) is 7.70. The van der Waals surface area contributed by atoms with Crippen LogP contribution in [0.2, 0.25) is 0 Å². The van der Waals surface area contributed by atoms with Gasteiger partial charge in [-0.3, -0.25) is 4.98 Å². The van der Waals surface area contributed by atoms with Gasteiger partial charge in [0, 0.05) is 22.5 Å². The van der Waals surface area contributed by atoms with E-state index in [-0.39, 0.29) is 17.8 Å². The molecule has 1 aromatic carbocycles. The topological polar surface area (TPSA) is 56.1 Å². The third-order valence-corrected chi connectivity index (χ3v) is 5.04. The van der Waals surface area contributed by atoms with Gasteiger partial charge in [0.2, 0.25) is 11.8 Å². The molecule has 0 bridgehead atoms. The molecule has 2 aromatic rings. The van der Waals surface area contributed by atoms with Crippen molar-refractivity contribution in [2.24, 2.45) is 15.9 Å². The standard InChI is InChI=1S/C19H21BrFN3O2/c1-10(2)16-19(26-4)23-15(18(24-16)25-3)8-12-11-6-5-7-22-17(11)13(20)9-14(12)21/h5-7,9-10,15-16H,8H2,1-4H3/t15-,16-/m0/s1. The Bertz CT molecular complexity index is 882. The van der Waals surface area contributed by atoms with E-state index >= 15 is 0 Å². The fourth-order valence-electron chi connectivity index (χ4n) is 3.13. The molecule has 2 atom stereocenters. The molecule has 1 aliphatic rings. The second-order valence-electron chi connectivity index (χ2n) is 6.47. The molecule has 0 spiro atoms. The monoisotopic (exact) mass is 421 g/mol. The summed E-state index contributed by atoms with van der Waals surface area (Å²) in [5, 5.41) is 0.745. The molecule has 1 aliphatic heterocycles. The van der Waals surface area contributed by atoms with Crippen molar-refractivity contribution in [2.45, 2.75) is 32.4 Å². The summed E-state index contributed by atoms with van der Waals surface area (Å²) in [6, 6.07) is 4.45. The predicted octanol–water partition coefficient (Wildman–Crippen LogP) is 4.18. The maximum Gasteiger partial charge on any atom is 0.209 e. The van der Waals surface area contributed by atoms with Crippen LogP contribution in [0.15, 0.2) is 38.9 Å². The van der Waals surface area contributed by atoms with E-state index in [1.807, 2.05) is 19.9 Å². The molecule has 0 aliphatic carbocycles. The zero-order valence-electron chi connectivity index (χ0n) is 15.2. The van der Waals surface area contributed by atoms with Crippen molar-refractivity contribution in [1.29, 1.82) is 0 Å². The fraction of sp³-hybridized carbons (Fsp3) is 0.421. The third-order valence-electron chi connectivity index (χ3n) is 4.44. The highest BCUT2D eigenvalue weighted by molar-refractivity contribution is 9.10. The molecule has 7 heteroatoms. The minimum Gasteiger partial charge on any atom is -0.483 e. The molecule has 0 N–H and O–H groups in total. The Morgan fingerprint density at radius 3 is 2.58 bits per heavy atom. The molecule has 0 saturated carbocycles. The van der Waals surface area contributed by atoms with Crippen molar-refractivity contribution in [3.63, 3.8) is 0 Å². The first-order chi connectivity index (χ1) is 12.5. The molecule has 0 fully saturated rings. The molecule has 0 saturated heterocycles. The van der Waals surface area contributed by atoms with Crippen molar-refractivity contribution in [3.05, 3.63) is 40.2 Å². The van der Waals surface area contributed by atoms with Gasteiger partial charge >= 0.3 is 0 Å². The van der Waals surface area contributed by atoms with E-state index in [2.05, 4.69) is 30.9 Å². The van der Waals surface area contributed by atoms with Crippen LogP contribution < -0.4 is 0 Å². The van der Waals surface area contributed by atoms with Gasteiger partial charge in [-0.1, -0.05) is 19.9 Å². The number of halogens is 2. The highest BCUT2D eigenvalue weighted by Crippen LogP contribution is 2.30. The van der Waals surface area contributed by atoms with Crippen molar-refractivity contribution in [3.8, 4) is 0 Å². The fourth-order valence-corrected chi connectivity index (χ4v) is 3.65. The van der Waals surface area contributed by atoms with Crippen molar-refractivity contribution in [2.75, 3.05) is 14.2 Å². The molecule has 2 heterocycles. The molecule has 5 nitrogen and oxygen atoms in total. The zero-order chi connectivity index (χ0) is 18.8. The second-order valence-corrected chi connectivity index (χ2v) is 7.32. The van der Waals surface area contributed by atoms with Crippen molar-refractivity contribution in [1.82, 2.24) is 4.98 Å². The average molecular weight is 422 g/mol. The Morgan fingerprint density at radius 2 is 1.92 bits per heavy atom. The number of hydrogen-bond donors (Lipinski definition) is 0. The highest BCUT2D eigenvalue weighted by atomic mass is 79.9. The Labute approximate surface area is 160 Å². The first-order valence-electron chi connectivity index (χ1n) is 8.41. The van der Waals surface area contributed by atoms with Gasteiger partial charge in [0.1, 0.15) is 17.9 Å². The van der Waals surface area contributed by atoms with Crippen LogP contribution in [-0.4, -0.2) is 43.1 Å². The van der Waals surface area contributed by atoms with E-state index in [9.17, 15) is 4.39 Å². The van der Waals surface area contributed by atoms with E-state index in [4.69, 9.17) is 9.47 Å². The summed E-state index contributed by atoms with van der Waals surface area (Å²) in [4.78, 5) is 13.7. The molecule has 0 amide bonds. The van der Waals surface area contributed by atoms with Crippen LogP contribution in [-0.2, 0) is 15.9 Å². The maximum absolute atomic E-state index is 14.7. The van der Waals surface area contributed by atoms with Gasteiger partial charge in [-0.25, -0.2) is 14.4 Å². The lowest BCUT2D eigenvalue weighted by Gasteiger charge is -2.27. The SMILES string of the molecule is COC1=N[C@@H](C(C)C)C(OC)=N[C@H]1Cc1c(F)cc(Br)c2ncccc12. The van der Waals surface area contributed by atoms with Crippen LogP contribution in [0.1, 0.15) is 19.4 Å². The van der Waals surface area contributed by atoms with Gasteiger partial charge in [-0.15, -0.1) is 0 Å². The number of nitrogens with zero attached hydrogens (tertiary/aromatic N) is 3. The third kappa shape index (κ3) is 3.45. The molecular weight excluding hydrogens is 401 g/mol. The van der Waals surface area contributed by atoms with Crippen LogP contribution in [0.5, 0.6) is 0 Å². The molecule has 0 unspecified atom stereocenters. The van der Waals surface area contributed by atoms with Crippen LogP contribution in [0, 0.1) is 11.7 Å². The first kappa shape index (κ1) is 18.8. The van der Waals surface area contributed by atoms with Gasteiger partial charge in [0.15, 0.2) is 0 Å². The zero-order valence-corrected chi connectivity index (χ0v) is 16.7. The quantitative estimate of drug-likeness (QED) is 0.746. The molecule has 3 rings (SSSR count). The van der Waals surface area contributed by atoms with Crippen LogP contribution >= 0.6 is 15.9 Å². The van der Waals surface area contributed by atoms with E-state index in [0.29, 0.717) is 33.8 Å². The normalized spacial score (nSPS) is 20.1. The molecule has 1 aromatic heterocycles. The lowest BCUT2D eigenvalue weighted by Crippen LogP contribution is -2.38. The predicted molar refractivity (Wildman–Crippen MR) is 104 cm³/mol. The molecular formula is C19H21BrFN3O2. The van der Waals surface area contributed by atoms with Crippen LogP contribution in [0.25, 0.3) is 10.9 Å². The Kier molecular flexibility index (Phi) is 5.55. The summed E-state index contributed by atoms with van der Waals surface area (Å²) in [5.74, 6) is 0.942. The summed E-state index contributed by atoms with van der Waals surface area (Å²) in [6.45, 7) is 4.09. The number of rotatable bonds is 3. The number of aromatic nitrogens is 1. The summed E-state index contributed by atoms with van der Waals surface area (Å²) in [7, 11) is 3.15. The Hall–Kier alpha value is -2.02. The number of pyridine rings is 1. The van der Waals surface area contributed by atoms with E-state index < -0.39 is 6.04 Å². The Balaban J connectivity index is 2.04. The summed E-state index contributed by atoms with van der Waals surface area (Å²) in [5.41, 5.74) is 1.25. The number of aliphatic imine (C=N–C) groups is 2. The lowest BCUT2D eigenvalue weighted by atomic mass is 9.98. The Morgan fingerprint density at radius 1 is 1.19 bits per heavy atom. The van der Waals surface area contributed by atoms with Crippen molar-refractivity contribution >= 4 is 38.6 Å². The van der Waals surface area contributed by atoms with E-state index in [0.717, 1.165) is 5.39 Å². The van der Waals surface area contributed by atoms with Crippen molar-refractivity contribution < 1.29 is 13.9 Å². The minimum atomic E-state index is -0.441. The average Bonchev–Trinajstić information content (AvgIpc) is 2.64. The first-order valence-corrected chi connectivity index (χ1v) is 9.20. The smallest absolute Gasteiger partial charge is 0.209 e. The lowest BCUT2D eigenvalue weighted by molar-refractivity contribution is 0.332. The summed E-state index contributed by atoms with van der Waals surface area (Å²) < 4.78 is 26.3. The van der Waals surface area contributed by atoms with E-state index in [1.54, 1.807) is 26.5 Å². The largest absolute Gasteiger partial charge is 0.483 e. The van der Waals surface area contributed by atoms with Gasteiger partial charge in [0.05, 0.1) is 19.7 Å². The number of benzene rings is 1. The molecule has 0 radical (unpaired) electrons. The van der Waals surface area contributed by atoms with Gasteiger partial charge in [-0.2, -0.15) is 0 Å². The number of hydrogen-bond acceptors (Lipinski definition) is 5. The number of ether oxygens (including phenoxy) is 2. The number of methoxy groups -OCH3 is 2. The number of fused-ring (bicyclic) bond motifs is 1. The maximum atomic E-state index is 14.7. The van der Waals surface area contributed by atoms with Gasteiger partial charge < -0.3 is 9.47 Å². The highest BCUT2D eigenvalue weighted by Gasteiger charge is 2.32. The van der Waals surface area contributed by atoms with Gasteiger partial charge in [-0.05, 0) is 39.5 Å². The van der Waals surface area contributed by atoms with Crippen LogP contribution in [0.4, 0.5) is 4.39 Å². The van der Waals surface area contributed by atoms with Crippen LogP contribution in [0.3, 0.4) is 0 Å². The van der Waals surface area contributed by atoms with Gasteiger partial charge in [0.25, 0.3) is 0 Å².